The average Bonchev–Trinajstić information content (AvgIpc) is 2.20. The molecule has 0 spiro atoms. The van der Waals surface area contributed by atoms with Gasteiger partial charge in [-0.15, -0.1) is 0 Å². The van der Waals surface area contributed by atoms with Crippen LogP contribution in [0.5, 0.6) is 0 Å². The summed E-state index contributed by atoms with van der Waals surface area (Å²) in [5, 5.41) is 0.530. The number of nitrogens with two attached hydrogens (primary N) is 1. The average molecular weight is 264 g/mol. The highest BCUT2D eigenvalue weighted by Gasteiger charge is 2.13. The van der Waals surface area contributed by atoms with Gasteiger partial charge in [-0.1, -0.05) is 11.6 Å². The maximum Gasteiger partial charge on any atom is 0.147 e. The van der Waals surface area contributed by atoms with Crippen LogP contribution in [-0.2, 0) is 9.84 Å². The van der Waals surface area contributed by atoms with Crippen LogP contribution in [0, 0.1) is 0 Å². The first-order chi connectivity index (χ1) is 7.42. The van der Waals surface area contributed by atoms with Crippen LogP contribution in [0.2, 0.25) is 5.02 Å². The zero-order valence-electron chi connectivity index (χ0n) is 8.85. The van der Waals surface area contributed by atoms with E-state index in [0.717, 1.165) is 0 Å². The van der Waals surface area contributed by atoms with Gasteiger partial charge in [0.15, 0.2) is 0 Å². The molecular weight excluding hydrogens is 250 g/mol. The summed E-state index contributed by atoms with van der Waals surface area (Å²) in [4.78, 5) is 4.08. The van der Waals surface area contributed by atoms with Gasteiger partial charge in [-0.2, -0.15) is 0 Å². The van der Waals surface area contributed by atoms with E-state index < -0.39 is 9.84 Å². The summed E-state index contributed by atoms with van der Waals surface area (Å²) in [6.07, 6.45) is 3.07. The van der Waals surface area contributed by atoms with Gasteiger partial charge in [-0.3, -0.25) is 16.3 Å². The minimum atomic E-state index is -2.99. The van der Waals surface area contributed by atoms with Crippen molar-refractivity contribution in [2.24, 2.45) is 5.84 Å². The lowest BCUT2D eigenvalue weighted by atomic mass is 10.1. The van der Waals surface area contributed by atoms with Crippen LogP contribution in [0.1, 0.15) is 18.2 Å². The van der Waals surface area contributed by atoms with E-state index in [9.17, 15) is 8.42 Å². The highest BCUT2D eigenvalue weighted by Crippen LogP contribution is 2.16. The molecule has 0 aromatic carbocycles. The standard InChI is InChI=1S/C9H14ClN3O2S/c1-16(14,15)5-4-9(13-11)8-3-2-7(10)6-12-8/h2-3,6,9,13H,4-5,11H2,1H3. The van der Waals surface area contributed by atoms with Crippen molar-refractivity contribution < 1.29 is 8.42 Å². The lowest BCUT2D eigenvalue weighted by Gasteiger charge is -2.14. The lowest BCUT2D eigenvalue weighted by Crippen LogP contribution is -2.30. The Labute approximate surface area is 99.9 Å². The van der Waals surface area contributed by atoms with Crippen molar-refractivity contribution in [1.29, 1.82) is 0 Å². The maximum atomic E-state index is 11.0. The van der Waals surface area contributed by atoms with E-state index in [-0.39, 0.29) is 11.8 Å². The van der Waals surface area contributed by atoms with Crippen molar-refractivity contribution in [2.45, 2.75) is 12.5 Å². The van der Waals surface area contributed by atoms with E-state index in [1.54, 1.807) is 12.1 Å². The number of hydrogen-bond donors (Lipinski definition) is 2. The fourth-order valence-electron chi connectivity index (χ4n) is 1.24. The first-order valence-electron chi connectivity index (χ1n) is 4.67. The van der Waals surface area contributed by atoms with Crippen molar-refractivity contribution in [3.05, 3.63) is 29.0 Å². The number of pyridine rings is 1. The normalized spacial score (nSPS) is 13.7. The topological polar surface area (TPSA) is 85.1 Å². The number of sulfone groups is 1. The van der Waals surface area contributed by atoms with Crippen molar-refractivity contribution in [2.75, 3.05) is 12.0 Å². The van der Waals surface area contributed by atoms with Gasteiger partial charge in [0.25, 0.3) is 0 Å². The molecule has 90 valence electrons. The van der Waals surface area contributed by atoms with Gasteiger partial charge in [0, 0.05) is 12.5 Å². The SMILES string of the molecule is CS(=O)(=O)CCC(NN)c1ccc(Cl)cn1. The Hall–Kier alpha value is -0.690. The Bertz CT molecular complexity index is 433. The smallest absolute Gasteiger partial charge is 0.147 e. The summed E-state index contributed by atoms with van der Waals surface area (Å²) < 4.78 is 22.1. The molecule has 0 fully saturated rings. The van der Waals surface area contributed by atoms with Crippen LogP contribution >= 0.6 is 11.6 Å². The monoisotopic (exact) mass is 263 g/mol. The van der Waals surface area contributed by atoms with Gasteiger partial charge in [-0.05, 0) is 18.6 Å². The fourth-order valence-corrected chi connectivity index (χ4v) is 2.02. The molecule has 0 aliphatic heterocycles. The predicted molar refractivity (Wildman–Crippen MR) is 63.6 cm³/mol. The highest BCUT2D eigenvalue weighted by molar-refractivity contribution is 7.90. The summed E-state index contributed by atoms with van der Waals surface area (Å²) in [5.74, 6) is 5.42. The molecule has 0 aliphatic rings. The molecule has 0 bridgehead atoms. The van der Waals surface area contributed by atoms with Gasteiger partial charge in [-0.25, -0.2) is 8.42 Å². The van der Waals surface area contributed by atoms with Gasteiger partial charge < -0.3 is 0 Å². The van der Waals surface area contributed by atoms with Crippen LogP contribution in [0.3, 0.4) is 0 Å². The molecule has 7 heteroatoms. The summed E-state index contributed by atoms with van der Waals surface area (Å²) >= 11 is 5.70. The van der Waals surface area contributed by atoms with Crippen LogP contribution in [-0.4, -0.2) is 25.4 Å². The molecule has 0 saturated heterocycles. The van der Waals surface area contributed by atoms with Crippen LogP contribution < -0.4 is 11.3 Å². The number of nitrogens with one attached hydrogen (secondary N) is 1. The van der Waals surface area contributed by atoms with Gasteiger partial charge in [0.2, 0.25) is 0 Å². The first kappa shape index (κ1) is 13.4. The van der Waals surface area contributed by atoms with Gasteiger partial charge in [0.05, 0.1) is 22.5 Å². The lowest BCUT2D eigenvalue weighted by molar-refractivity contribution is 0.520. The van der Waals surface area contributed by atoms with Crippen molar-refractivity contribution in [3.8, 4) is 0 Å². The minimum Gasteiger partial charge on any atom is -0.271 e. The molecule has 16 heavy (non-hydrogen) atoms. The number of nitrogens with zero attached hydrogens (tertiary/aromatic N) is 1. The molecule has 0 amide bonds. The summed E-state index contributed by atoms with van der Waals surface area (Å²) in [7, 11) is -2.99. The molecule has 1 aromatic heterocycles. The Morgan fingerprint density at radius 1 is 1.56 bits per heavy atom. The molecule has 0 aliphatic carbocycles. The number of halogens is 1. The van der Waals surface area contributed by atoms with Crippen LogP contribution in [0.4, 0.5) is 0 Å². The molecule has 1 unspecified atom stereocenters. The van der Waals surface area contributed by atoms with Crippen molar-refractivity contribution in [1.82, 2.24) is 10.4 Å². The zero-order valence-corrected chi connectivity index (χ0v) is 10.4. The van der Waals surface area contributed by atoms with E-state index in [0.29, 0.717) is 17.1 Å². The Morgan fingerprint density at radius 3 is 2.69 bits per heavy atom. The molecule has 0 radical (unpaired) electrons. The van der Waals surface area contributed by atoms with E-state index >= 15 is 0 Å². The van der Waals surface area contributed by atoms with E-state index in [4.69, 9.17) is 17.4 Å². The van der Waals surface area contributed by atoms with E-state index in [1.807, 2.05) is 0 Å². The van der Waals surface area contributed by atoms with E-state index in [2.05, 4.69) is 10.4 Å². The number of hydrogen-bond acceptors (Lipinski definition) is 5. The van der Waals surface area contributed by atoms with Crippen molar-refractivity contribution in [3.63, 3.8) is 0 Å². The number of aromatic nitrogens is 1. The second kappa shape index (κ2) is 5.58. The molecule has 1 atom stereocenters. The molecule has 1 heterocycles. The predicted octanol–water partition coefficient (Wildman–Crippen LogP) is 0.674. The second-order valence-electron chi connectivity index (χ2n) is 3.54. The quantitative estimate of drug-likeness (QED) is 0.603. The summed E-state index contributed by atoms with van der Waals surface area (Å²) in [6, 6.07) is 3.12. The van der Waals surface area contributed by atoms with E-state index in [1.165, 1.54) is 12.5 Å². The van der Waals surface area contributed by atoms with Gasteiger partial charge in [0.1, 0.15) is 9.84 Å². The highest BCUT2D eigenvalue weighted by atomic mass is 35.5. The Balaban J connectivity index is 2.71. The van der Waals surface area contributed by atoms with Crippen LogP contribution in [0.15, 0.2) is 18.3 Å². The first-order valence-corrected chi connectivity index (χ1v) is 7.11. The minimum absolute atomic E-state index is 0.0617. The molecule has 3 N–H and O–H groups in total. The van der Waals surface area contributed by atoms with Crippen LogP contribution in [0.25, 0.3) is 0 Å². The molecule has 1 rings (SSSR count). The fraction of sp³-hybridized carbons (Fsp3) is 0.444. The Kier molecular flexibility index (Phi) is 4.67. The third kappa shape index (κ3) is 4.44. The number of hydrazine groups is 1. The molecule has 0 saturated carbocycles. The summed E-state index contributed by atoms with van der Waals surface area (Å²) in [6.45, 7) is 0. The molecular formula is C9H14ClN3O2S. The summed E-state index contributed by atoms with van der Waals surface area (Å²) in [5.41, 5.74) is 3.22. The Morgan fingerprint density at radius 2 is 2.25 bits per heavy atom. The van der Waals surface area contributed by atoms with Gasteiger partial charge >= 0.3 is 0 Å². The maximum absolute atomic E-state index is 11.0. The molecule has 5 nitrogen and oxygen atoms in total. The zero-order chi connectivity index (χ0) is 12.2. The third-order valence-electron chi connectivity index (χ3n) is 2.09. The van der Waals surface area contributed by atoms with Crippen molar-refractivity contribution >= 4 is 21.4 Å². The largest absolute Gasteiger partial charge is 0.271 e. The molecule has 1 aromatic rings. The third-order valence-corrected chi connectivity index (χ3v) is 3.29. The second-order valence-corrected chi connectivity index (χ2v) is 6.24. The number of rotatable bonds is 5.